The third-order valence-corrected chi connectivity index (χ3v) is 2.54. The van der Waals surface area contributed by atoms with Crippen molar-refractivity contribution < 1.29 is 9.90 Å². The SMILES string of the molecule is CN=C1C=C(NCCO)c2ccncc2C1=O. The van der Waals surface area contributed by atoms with Crippen molar-refractivity contribution >= 4 is 17.2 Å². The number of rotatable bonds is 3. The highest BCUT2D eigenvalue weighted by Gasteiger charge is 2.23. The lowest BCUT2D eigenvalue weighted by atomic mass is 9.94. The van der Waals surface area contributed by atoms with Crippen molar-refractivity contribution in [2.75, 3.05) is 20.2 Å². The van der Waals surface area contributed by atoms with Crippen LogP contribution in [0.15, 0.2) is 29.5 Å². The number of nitrogens with zero attached hydrogens (tertiary/aromatic N) is 2. The van der Waals surface area contributed by atoms with Crippen molar-refractivity contribution in [3.05, 3.63) is 35.7 Å². The van der Waals surface area contributed by atoms with Gasteiger partial charge in [-0.15, -0.1) is 0 Å². The lowest BCUT2D eigenvalue weighted by Gasteiger charge is -2.18. The Balaban J connectivity index is 2.47. The number of pyridine rings is 1. The number of ketones is 1. The molecule has 1 aromatic rings. The van der Waals surface area contributed by atoms with E-state index in [0.29, 0.717) is 17.8 Å². The molecular formula is C12H13N3O2. The van der Waals surface area contributed by atoms with Gasteiger partial charge >= 0.3 is 0 Å². The number of aromatic nitrogens is 1. The summed E-state index contributed by atoms with van der Waals surface area (Å²) in [5.41, 5.74) is 2.52. The maximum atomic E-state index is 12.0. The highest BCUT2D eigenvalue weighted by Crippen LogP contribution is 2.22. The molecule has 0 fully saturated rings. The molecule has 0 spiro atoms. The summed E-state index contributed by atoms with van der Waals surface area (Å²) >= 11 is 0. The van der Waals surface area contributed by atoms with E-state index in [-0.39, 0.29) is 12.4 Å². The van der Waals surface area contributed by atoms with E-state index in [1.54, 1.807) is 25.4 Å². The Hall–Kier alpha value is -2.01. The summed E-state index contributed by atoms with van der Waals surface area (Å²) < 4.78 is 0. The van der Waals surface area contributed by atoms with E-state index in [2.05, 4.69) is 15.3 Å². The number of nitrogens with one attached hydrogen (secondary N) is 1. The lowest BCUT2D eigenvalue weighted by molar-refractivity contribution is 0.106. The third-order valence-electron chi connectivity index (χ3n) is 2.54. The number of aliphatic imine (C=N–C) groups is 1. The molecule has 0 saturated heterocycles. The van der Waals surface area contributed by atoms with E-state index in [4.69, 9.17) is 5.11 Å². The van der Waals surface area contributed by atoms with Gasteiger partial charge < -0.3 is 10.4 Å². The van der Waals surface area contributed by atoms with Crippen LogP contribution in [0.3, 0.4) is 0 Å². The second-order valence-electron chi connectivity index (χ2n) is 3.57. The van der Waals surface area contributed by atoms with Crippen LogP contribution in [-0.2, 0) is 0 Å². The number of aliphatic hydroxyl groups excluding tert-OH is 1. The number of Topliss-reactive ketones (excluding diaryl/α,β-unsaturated/α-hetero) is 1. The van der Waals surface area contributed by atoms with Gasteiger partial charge in [-0.05, 0) is 12.1 Å². The summed E-state index contributed by atoms with van der Waals surface area (Å²) in [6.45, 7) is 0.461. The first kappa shape index (κ1) is 11.5. The first-order chi connectivity index (χ1) is 8.27. The molecule has 0 unspecified atom stereocenters. The monoisotopic (exact) mass is 231 g/mol. The minimum atomic E-state index is -0.120. The molecule has 1 aliphatic rings. The molecule has 0 aliphatic heterocycles. The zero-order valence-corrected chi connectivity index (χ0v) is 9.47. The van der Waals surface area contributed by atoms with E-state index in [1.165, 1.54) is 6.20 Å². The third kappa shape index (κ3) is 2.09. The Morgan fingerprint density at radius 2 is 2.29 bits per heavy atom. The predicted octanol–water partition coefficient (Wildman–Crippen LogP) is 0.271. The second kappa shape index (κ2) is 4.88. The van der Waals surface area contributed by atoms with Crippen LogP contribution in [0.4, 0.5) is 0 Å². The maximum absolute atomic E-state index is 12.0. The highest BCUT2D eigenvalue weighted by atomic mass is 16.3. The summed E-state index contributed by atoms with van der Waals surface area (Å²) in [4.78, 5) is 19.9. The molecular weight excluding hydrogens is 218 g/mol. The van der Waals surface area contributed by atoms with Gasteiger partial charge in [0.25, 0.3) is 0 Å². The fraction of sp³-hybridized carbons (Fsp3) is 0.250. The van der Waals surface area contributed by atoms with Gasteiger partial charge in [0.15, 0.2) is 0 Å². The van der Waals surface area contributed by atoms with Crippen molar-refractivity contribution in [3.63, 3.8) is 0 Å². The normalized spacial score (nSPS) is 16.7. The summed E-state index contributed by atoms with van der Waals surface area (Å²) in [6.07, 6.45) is 4.87. The van der Waals surface area contributed by atoms with Gasteiger partial charge in [0, 0.05) is 37.2 Å². The van der Waals surface area contributed by atoms with Crippen LogP contribution in [-0.4, -0.2) is 41.8 Å². The summed E-state index contributed by atoms with van der Waals surface area (Å²) in [5.74, 6) is -0.120. The van der Waals surface area contributed by atoms with Crippen LogP contribution in [0.1, 0.15) is 15.9 Å². The van der Waals surface area contributed by atoms with E-state index < -0.39 is 0 Å². The smallest absolute Gasteiger partial charge is 0.213 e. The molecule has 2 N–H and O–H groups in total. The standard InChI is InChI=1S/C12H13N3O2/c1-13-11-6-10(15-4-5-16)8-2-3-14-7-9(8)12(11)17/h2-3,6-7,15-16H,4-5H2,1H3. The Labute approximate surface area is 98.9 Å². The number of allylic oxidation sites excluding steroid dienone is 1. The minimum absolute atomic E-state index is 0.0320. The predicted molar refractivity (Wildman–Crippen MR) is 65.0 cm³/mol. The topological polar surface area (TPSA) is 74.6 Å². The van der Waals surface area contributed by atoms with Crippen molar-refractivity contribution in [1.29, 1.82) is 0 Å². The number of carbonyl (C=O) groups is 1. The Bertz CT molecular complexity index is 506. The average Bonchev–Trinajstić information content (AvgIpc) is 2.38. The fourth-order valence-corrected chi connectivity index (χ4v) is 1.73. The molecule has 5 nitrogen and oxygen atoms in total. The van der Waals surface area contributed by atoms with Crippen molar-refractivity contribution in [1.82, 2.24) is 10.3 Å². The van der Waals surface area contributed by atoms with Crippen LogP contribution >= 0.6 is 0 Å². The Morgan fingerprint density at radius 3 is 3.00 bits per heavy atom. The second-order valence-corrected chi connectivity index (χ2v) is 3.57. The van der Waals surface area contributed by atoms with Gasteiger partial charge in [-0.2, -0.15) is 0 Å². The molecule has 1 heterocycles. The first-order valence-corrected chi connectivity index (χ1v) is 5.30. The minimum Gasteiger partial charge on any atom is -0.395 e. The lowest BCUT2D eigenvalue weighted by Crippen LogP contribution is -2.26. The van der Waals surface area contributed by atoms with E-state index in [9.17, 15) is 4.79 Å². The van der Waals surface area contributed by atoms with Gasteiger partial charge in [-0.25, -0.2) is 0 Å². The molecule has 88 valence electrons. The quantitative estimate of drug-likeness (QED) is 0.783. The number of carbonyl (C=O) groups excluding carboxylic acids is 1. The van der Waals surface area contributed by atoms with E-state index in [1.807, 2.05) is 0 Å². The molecule has 5 heteroatoms. The van der Waals surface area contributed by atoms with Gasteiger partial charge in [0.1, 0.15) is 5.71 Å². The van der Waals surface area contributed by atoms with Gasteiger partial charge in [-0.1, -0.05) is 0 Å². The van der Waals surface area contributed by atoms with Crippen molar-refractivity contribution in [2.24, 2.45) is 4.99 Å². The molecule has 1 aliphatic carbocycles. The van der Waals surface area contributed by atoms with Crippen molar-refractivity contribution in [3.8, 4) is 0 Å². The van der Waals surface area contributed by atoms with Gasteiger partial charge in [-0.3, -0.25) is 14.8 Å². The maximum Gasteiger partial charge on any atom is 0.213 e. The average molecular weight is 231 g/mol. The molecule has 2 rings (SSSR count). The van der Waals surface area contributed by atoms with Crippen LogP contribution in [0.2, 0.25) is 0 Å². The Kier molecular flexibility index (Phi) is 3.30. The summed E-state index contributed by atoms with van der Waals surface area (Å²) in [6, 6.07) is 1.77. The van der Waals surface area contributed by atoms with Crippen LogP contribution < -0.4 is 5.32 Å². The molecule has 0 atom stereocenters. The molecule has 0 amide bonds. The Morgan fingerprint density at radius 1 is 1.47 bits per heavy atom. The zero-order valence-electron chi connectivity index (χ0n) is 9.47. The summed E-state index contributed by atoms with van der Waals surface area (Å²) in [5, 5.41) is 11.9. The fourth-order valence-electron chi connectivity index (χ4n) is 1.73. The van der Waals surface area contributed by atoms with Crippen molar-refractivity contribution in [2.45, 2.75) is 0 Å². The van der Waals surface area contributed by atoms with Gasteiger partial charge in [0.2, 0.25) is 5.78 Å². The number of aliphatic hydroxyl groups is 1. The first-order valence-electron chi connectivity index (χ1n) is 5.30. The molecule has 0 radical (unpaired) electrons. The van der Waals surface area contributed by atoms with Crippen LogP contribution in [0, 0.1) is 0 Å². The molecule has 0 bridgehead atoms. The van der Waals surface area contributed by atoms with Crippen LogP contribution in [0.5, 0.6) is 0 Å². The van der Waals surface area contributed by atoms with Crippen LogP contribution in [0.25, 0.3) is 5.70 Å². The number of hydrogen-bond donors (Lipinski definition) is 2. The summed E-state index contributed by atoms with van der Waals surface area (Å²) in [7, 11) is 1.58. The molecule has 0 aromatic carbocycles. The largest absolute Gasteiger partial charge is 0.395 e. The molecule has 17 heavy (non-hydrogen) atoms. The molecule has 0 saturated carbocycles. The highest BCUT2D eigenvalue weighted by molar-refractivity contribution is 6.52. The van der Waals surface area contributed by atoms with Gasteiger partial charge in [0.05, 0.1) is 12.2 Å². The van der Waals surface area contributed by atoms with E-state index in [0.717, 1.165) is 11.3 Å². The number of fused-ring (bicyclic) bond motifs is 1. The molecule has 1 aromatic heterocycles. The van der Waals surface area contributed by atoms with E-state index >= 15 is 0 Å². The zero-order chi connectivity index (χ0) is 12.3. The number of hydrogen-bond acceptors (Lipinski definition) is 5.